The van der Waals surface area contributed by atoms with Crippen LogP contribution in [0, 0.1) is 11.8 Å². The maximum absolute atomic E-state index is 2.67. The zero-order valence-corrected chi connectivity index (χ0v) is 36.2. The first-order valence-corrected chi connectivity index (χ1v) is 21.2. The van der Waals surface area contributed by atoms with Crippen molar-refractivity contribution in [3.8, 4) is 11.1 Å². The number of hydrogen-bond acceptors (Lipinski definition) is 0. The molecule has 0 nitrogen and oxygen atoms in total. The van der Waals surface area contributed by atoms with Gasteiger partial charge >= 0.3 is 282 Å². The Hall–Kier alpha value is -0.747. The van der Waals surface area contributed by atoms with Crippen LogP contribution in [-0.4, -0.2) is 3.21 Å². The molecular formula is C43H64Cl2Zr. The molecule has 4 rings (SSSR count). The Morgan fingerprint density at radius 1 is 0.652 bits per heavy atom. The van der Waals surface area contributed by atoms with E-state index >= 15 is 0 Å². The molecule has 0 radical (unpaired) electrons. The first-order chi connectivity index (χ1) is 20.0. The molecule has 3 heteroatoms. The van der Waals surface area contributed by atoms with Crippen LogP contribution in [0.3, 0.4) is 0 Å². The number of fused-ring (bicyclic) bond motifs is 3. The molecule has 46 heavy (non-hydrogen) atoms. The van der Waals surface area contributed by atoms with Gasteiger partial charge in [0.15, 0.2) is 0 Å². The van der Waals surface area contributed by atoms with E-state index in [-0.39, 0.29) is 46.5 Å². The quantitative estimate of drug-likeness (QED) is 0.300. The second-order valence-electron chi connectivity index (χ2n) is 18.9. The van der Waals surface area contributed by atoms with Gasteiger partial charge in [-0.15, -0.1) is 0 Å². The minimum absolute atomic E-state index is 0. The number of rotatable bonds is 6. The molecule has 0 amide bonds. The Morgan fingerprint density at radius 2 is 1.13 bits per heavy atom. The second kappa shape index (κ2) is 14.6. The molecule has 0 unspecified atom stereocenters. The van der Waals surface area contributed by atoms with E-state index in [9.17, 15) is 0 Å². The van der Waals surface area contributed by atoms with E-state index in [1.165, 1.54) is 29.5 Å². The van der Waals surface area contributed by atoms with E-state index in [1.54, 1.807) is 31.1 Å². The molecule has 0 spiro atoms. The van der Waals surface area contributed by atoms with Crippen molar-refractivity contribution in [2.24, 2.45) is 11.8 Å². The van der Waals surface area contributed by atoms with Crippen LogP contribution in [0.4, 0.5) is 0 Å². The standard InChI is InChI=1S/C29H41.C9H18.C5H5.2ClH.Zr/c1-26(2,3)22-14-18-13-19-15-23(27(4,5)6)25(29(10,11)12)17-21(19)20(18)16-24(22)28(7,8)9;1-8(2)6-5-7-9(3)4;1-2-4-5-3-1;;;/h14,16-17H,13H2,1-12H3;8-9H,6-7H2,1-4H3;1-3H,4H2;2*1H;/q;;;;;+2/p-2. The van der Waals surface area contributed by atoms with Gasteiger partial charge in [-0.1, -0.05) is 0 Å². The fourth-order valence-corrected chi connectivity index (χ4v) is 18.1. The Balaban J connectivity index is 0.00000368. The molecule has 0 heterocycles. The normalized spacial score (nSPS) is 14.4. The SMILES string of the molecule is CC(C)C[C](CC(C)C)=[Zr+2]([C]1=CC=CC1)[c]1c2c(cc(C(C)(C)C)c1C(C)(C)C)-c1cc(C(C)(C)C)c(C(C)(C)C)cc1C2.[Cl-].[Cl-]. The third-order valence-corrected chi connectivity index (χ3v) is 17.3. The monoisotopic (exact) mass is 740 g/mol. The van der Waals surface area contributed by atoms with E-state index in [4.69, 9.17) is 0 Å². The van der Waals surface area contributed by atoms with Gasteiger partial charge in [0.1, 0.15) is 0 Å². The predicted molar refractivity (Wildman–Crippen MR) is 195 cm³/mol. The fraction of sp³-hybridized carbons (Fsp3) is 0.605. The van der Waals surface area contributed by atoms with Crippen LogP contribution >= 0.6 is 0 Å². The topological polar surface area (TPSA) is 0 Å². The summed E-state index contributed by atoms with van der Waals surface area (Å²) < 4.78 is 5.58. The third kappa shape index (κ3) is 8.69. The van der Waals surface area contributed by atoms with Crippen molar-refractivity contribution in [2.45, 2.75) is 158 Å². The Labute approximate surface area is 304 Å². The summed E-state index contributed by atoms with van der Waals surface area (Å²) in [5.74, 6) is 1.37. The third-order valence-electron chi connectivity index (χ3n) is 9.51. The second-order valence-corrected chi connectivity index (χ2v) is 25.3. The molecular weight excluding hydrogens is 679 g/mol. The predicted octanol–water partition coefficient (Wildman–Crippen LogP) is 5.81. The van der Waals surface area contributed by atoms with Gasteiger partial charge in [-0.2, -0.15) is 0 Å². The molecule has 0 aromatic heterocycles. The largest absolute Gasteiger partial charge is 1.00 e. The van der Waals surface area contributed by atoms with E-state index in [1.807, 2.05) is 6.48 Å². The first-order valence-electron chi connectivity index (χ1n) is 17.5. The van der Waals surface area contributed by atoms with E-state index in [2.05, 4.69) is 147 Å². The van der Waals surface area contributed by atoms with Crippen molar-refractivity contribution in [2.75, 3.05) is 0 Å². The van der Waals surface area contributed by atoms with Crippen LogP contribution in [0.1, 0.15) is 163 Å². The summed E-state index contributed by atoms with van der Waals surface area (Å²) in [4.78, 5) is 0. The summed E-state index contributed by atoms with van der Waals surface area (Å²) in [6, 6.07) is 7.92. The molecule has 0 atom stereocenters. The maximum Gasteiger partial charge on any atom is -1.00 e. The molecule has 2 aromatic carbocycles. The van der Waals surface area contributed by atoms with Crippen molar-refractivity contribution in [3.63, 3.8) is 0 Å². The van der Waals surface area contributed by atoms with Crippen LogP contribution < -0.4 is 28.1 Å². The molecule has 2 aliphatic carbocycles. The van der Waals surface area contributed by atoms with Crippen molar-refractivity contribution in [1.29, 1.82) is 0 Å². The maximum atomic E-state index is 2.67. The summed E-state index contributed by atoms with van der Waals surface area (Å²) >= 11 is -2.51. The van der Waals surface area contributed by atoms with Crippen molar-refractivity contribution < 1.29 is 46.1 Å². The summed E-state index contributed by atoms with van der Waals surface area (Å²) in [5.41, 5.74) is 13.0. The first kappa shape index (κ1) is 41.4. The van der Waals surface area contributed by atoms with E-state index in [0.717, 1.165) is 12.8 Å². The van der Waals surface area contributed by atoms with Gasteiger partial charge in [-0.3, -0.25) is 0 Å². The van der Waals surface area contributed by atoms with Gasteiger partial charge in [0.2, 0.25) is 0 Å². The molecule has 254 valence electrons. The Kier molecular flexibility index (Phi) is 13.2. The van der Waals surface area contributed by atoms with E-state index in [0.29, 0.717) is 11.8 Å². The van der Waals surface area contributed by atoms with Crippen molar-refractivity contribution in [3.05, 3.63) is 73.1 Å². The number of allylic oxidation sites excluding steroid dienone is 4. The van der Waals surface area contributed by atoms with Gasteiger partial charge in [0.05, 0.1) is 0 Å². The molecule has 0 fully saturated rings. The van der Waals surface area contributed by atoms with Crippen LogP contribution in [0.25, 0.3) is 11.1 Å². The molecule has 2 aliphatic rings. The minimum atomic E-state index is -2.51. The van der Waals surface area contributed by atoms with E-state index < -0.39 is 21.3 Å². The number of halogens is 2. The zero-order chi connectivity index (χ0) is 33.2. The Morgan fingerprint density at radius 3 is 1.54 bits per heavy atom. The number of hydrogen-bond donors (Lipinski definition) is 0. The Bertz CT molecular complexity index is 1510. The summed E-state index contributed by atoms with van der Waals surface area (Å²) in [6.45, 7) is 39.1. The smallest absolute Gasteiger partial charge is 1.00 e. The van der Waals surface area contributed by atoms with Crippen molar-refractivity contribution in [1.82, 2.24) is 0 Å². The van der Waals surface area contributed by atoms with Gasteiger partial charge < -0.3 is 24.8 Å². The average Bonchev–Trinajstić information content (AvgIpc) is 3.47. The van der Waals surface area contributed by atoms with Gasteiger partial charge in [-0.25, -0.2) is 0 Å². The van der Waals surface area contributed by atoms with Crippen LogP contribution in [0.5, 0.6) is 0 Å². The van der Waals surface area contributed by atoms with Gasteiger partial charge in [0.25, 0.3) is 0 Å². The number of benzene rings is 2. The van der Waals surface area contributed by atoms with Crippen molar-refractivity contribution >= 4 is 6.48 Å². The van der Waals surface area contributed by atoms with Crippen LogP contribution in [0.15, 0.2) is 39.7 Å². The summed E-state index contributed by atoms with van der Waals surface area (Å²) in [6.07, 6.45) is 12.1. The molecule has 0 aliphatic heterocycles. The van der Waals surface area contributed by atoms with Gasteiger partial charge in [0, 0.05) is 0 Å². The van der Waals surface area contributed by atoms with Gasteiger partial charge in [-0.05, 0) is 0 Å². The summed E-state index contributed by atoms with van der Waals surface area (Å²) in [7, 11) is 0. The fourth-order valence-electron chi connectivity index (χ4n) is 7.74. The average molecular weight is 743 g/mol. The molecule has 0 saturated carbocycles. The molecule has 0 bridgehead atoms. The molecule has 0 saturated heterocycles. The molecule has 0 N–H and O–H groups in total. The molecule has 2 aromatic rings. The van der Waals surface area contributed by atoms with Crippen LogP contribution in [-0.2, 0) is 49.3 Å². The van der Waals surface area contributed by atoms with Crippen LogP contribution in [0.2, 0.25) is 0 Å². The minimum Gasteiger partial charge on any atom is -1.00 e. The zero-order valence-electron chi connectivity index (χ0n) is 32.2. The summed E-state index contributed by atoms with van der Waals surface area (Å²) in [5, 5.41) is 0.